The first-order valence-electron chi connectivity index (χ1n) is 6.44. The smallest absolute Gasteiger partial charge is 0.261 e. The summed E-state index contributed by atoms with van der Waals surface area (Å²) in [5.74, 6) is -0.00441. The summed E-state index contributed by atoms with van der Waals surface area (Å²) in [7, 11) is 0. The molecule has 0 radical (unpaired) electrons. The third-order valence-corrected chi connectivity index (χ3v) is 3.05. The fourth-order valence-corrected chi connectivity index (χ4v) is 1.99. The minimum absolute atomic E-state index is 0.273. The van der Waals surface area contributed by atoms with Crippen molar-refractivity contribution in [3.8, 4) is 5.69 Å². The second-order valence-corrected chi connectivity index (χ2v) is 4.42. The van der Waals surface area contributed by atoms with Gasteiger partial charge in [0.25, 0.3) is 5.91 Å². The van der Waals surface area contributed by atoms with Gasteiger partial charge in [0, 0.05) is 12.4 Å². The topological polar surface area (TPSA) is 72.7 Å². The quantitative estimate of drug-likeness (QED) is 0.798. The summed E-state index contributed by atoms with van der Waals surface area (Å²) >= 11 is 0. The summed E-state index contributed by atoms with van der Waals surface area (Å²) in [5.41, 5.74) is 2.16. The third-order valence-electron chi connectivity index (χ3n) is 3.05. The van der Waals surface area contributed by atoms with Crippen LogP contribution in [0.25, 0.3) is 5.69 Å². The van der Waals surface area contributed by atoms with Gasteiger partial charge in [-0.2, -0.15) is 5.10 Å². The Balaban J connectivity index is 1.87. The summed E-state index contributed by atoms with van der Waals surface area (Å²) in [6.45, 7) is 1.85. The fraction of sp³-hybridized carbons (Fsp3) is 0.0667. The van der Waals surface area contributed by atoms with E-state index < -0.39 is 0 Å². The van der Waals surface area contributed by atoms with Crippen LogP contribution in [-0.4, -0.2) is 25.7 Å². The standard InChI is InChI=1S/C15H13N5O/c1-11-13(14(21)19-15-16-8-5-9-17-15)10-18-20(11)12-6-3-2-4-7-12/h2-10H,1H3,(H,16,17,19,21). The maximum Gasteiger partial charge on any atom is 0.261 e. The molecular formula is C15H13N5O. The van der Waals surface area contributed by atoms with E-state index in [1.54, 1.807) is 29.3 Å². The molecule has 3 rings (SSSR count). The van der Waals surface area contributed by atoms with E-state index in [0.29, 0.717) is 5.56 Å². The van der Waals surface area contributed by atoms with Gasteiger partial charge in [0.2, 0.25) is 5.95 Å². The normalized spacial score (nSPS) is 10.3. The molecule has 6 nitrogen and oxygen atoms in total. The summed E-state index contributed by atoms with van der Waals surface area (Å²) in [5, 5.41) is 6.91. The summed E-state index contributed by atoms with van der Waals surface area (Å²) in [6.07, 6.45) is 4.69. The molecule has 0 aliphatic rings. The molecule has 0 saturated carbocycles. The van der Waals surface area contributed by atoms with Crippen LogP contribution >= 0.6 is 0 Å². The van der Waals surface area contributed by atoms with Crippen molar-refractivity contribution in [2.24, 2.45) is 0 Å². The first-order chi connectivity index (χ1) is 10.3. The fourth-order valence-electron chi connectivity index (χ4n) is 1.99. The number of nitrogens with one attached hydrogen (secondary N) is 1. The number of amides is 1. The first kappa shape index (κ1) is 13.0. The lowest BCUT2D eigenvalue weighted by Gasteiger charge is -2.05. The van der Waals surface area contributed by atoms with Crippen molar-refractivity contribution in [3.05, 3.63) is 66.2 Å². The zero-order chi connectivity index (χ0) is 14.7. The van der Waals surface area contributed by atoms with E-state index >= 15 is 0 Å². The summed E-state index contributed by atoms with van der Waals surface area (Å²) in [6, 6.07) is 11.3. The van der Waals surface area contributed by atoms with Crippen molar-refractivity contribution in [3.63, 3.8) is 0 Å². The highest BCUT2D eigenvalue weighted by atomic mass is 16.1. The number of carbonyl (C=O) groups excluding carboxylic acids is 1. The largest absolute Gasteiger partial charge is 0.290 e. The van der Waals surface area contributed by atoms with Gasteiger partial charge in [-0.25, -0.2) is 14.6 Å². The van der Waals surface area contributed by atoms with E-state index in [-0.39, 0.29) is 11.9 Å². The number of hydrogen-bond donors (Lipinski definition) is 1. The highest BCUT2D eigenvalue weighted by Crippen LogP contribution is 2.14. The van der Waals surface area contributed by atoms with E-state index in [4.69, 9.17) is 0 Å². The predicted octanol–water partition coefficient (Wildman–Crippen LogP) is 2.22. The number of benzene rings is 1. The molecule has 0 spiro atoms. The van der Waals surface area contributed by atoms with Gasteiger partial charge in [0.15, 0.2) is 0 Å². The van der Waals surface area contributed by atoms with Crippen molar-refractivity contribution in [2.75, 3.05) is 5.32 Å². The van der Waals surface area contributed by atoms with Gasteiger partial charge in [0.05, 0.1) is 23.1 Å². The van der Waals surface area contributed by atoms with E-state index in [9.17, 15) is 4.79 Å². The molecule has 2 aromatic heterocycles. The van der Waals surface area contributed by atoms with E-state index in [2.05, 4.69) is 20.4 Å². The summed E-state index contributed by atoms with van der Waals surface area (Å²) < 4.78 is 1.72. The maximum atomic E-state index is 12.2. The first-order valence-corrected chi connectivity index (χ1v) is 6.44. The van der Waals surface area contributed by atoms with Crippen molar-refractivity contribution in [1.82, 2.24) is 19.7 Å². The maximum absolute atomic E-state index is 12.2. The van der Waals surface area contributed by atoms with Crippen molar-refractivity contribution >= 4 is 11.9 Å². The monoisotopic (exact) mass is 279 g/mol. The lowest BCUT2D eigenvalue weighted by Crippen LogP contribution is -2.14. The number of rotatable bonds is 3. The van der Waals surface area contributed by atoms with Crippen molar-refractivity contribution < 1.29 is 4.79 Å². The molecule has 0 saturated heterocycles. The van der Waals surface area contributed by atoms with Crippen molar-refractivity contribution in [2.45, 2.75) is 6.92 Å². The van der Waals surface area contributed by atoms with Gasteiger partial charge in [-0.05, 0) is 25.1 Å². The van der Waals surface area contributed by atoms with Crippen LogP contribution in [0.15, 0.2) is 55.0 Å². The van der Waals surface area contributed by atoms with E-state index in [1.165, 1.54) is 0 Å². The minimum atomic E-state index is -0.277. The van der Waals surface area contributed by atoms with Gasteiger partial charge in [-0.3, -0.25) is 10.1 Å². The lowest BCUT2D eigenvalue weighted by molar-refractivity contribution is 0.102. The molecule has 0 atom stereocenters. The number of hydrogen-bond acceptors (Lipinski definition) is 4. The molecule has 3 aromatic rings. The molecule has 0 fully saturated rings. The minimum Gasteiger partial charge on any atom is -0.290 e. The van der Waals surface area contributed by atoms with Gasteiger partial charge >= 0.3 is 0 Å². The Bertz CT molecular complexity index is 752. The SMILES string of the molecule is Cc1c(C(=O)Nc2ncccn2)cnn1-c1ccccc1. The summed E-state index contributed by atoms with van der Waals surface area (Å²) in [4.78, 5) is 20.2. The van der Waals surface area contributed by atoms with Crippen molar-refractivity contribution in [1.29, 1.82) is 0 Å². The zero-order valence-electron chi connectivity index (χ0n) is 11.4. The molecule has 6 heteroatoms. The van der Waals surface area contributed by atoms with Crippen LogP contribution in [0.2, 0.25) is 0 Å². The number of nitrogens with zero attached hydrogens (tertiary/aromatic N) is 4. The number of anilines is 1. The van der Waals surface area contributed by atoms with Crippen LogP contribution in [-0.2, 0) is 0 Å². The Morgan fingerprint density at radius 2 is 1.81 bits per heavy atom. The van der Waals surface area contributed by atoms with Crippen LogP contribution in [0.1, 0.15) is 16.1 Å². The Kier molecular flexibility index (Phi) is 3.42. The van der Waals surface area contributed by atoms with E-state index in [0.717, 1.165) is 11.4 Å². The molecule has 1 amide bonds. The van der Waals surface area contributed by atoms with Crippen LogP contribution < -0.4 is 5.32 Å². The average Bonchev–Trinajstić information content (AvgIpc) is 2.91. The Morgan fingerprint density at radius 1 is 1.10 bits per heavy atom. The molecule has 1 aromatic carbocycles. The van der Waals surface area contributed by atoms with Crippen LogP contribution in [0.4, 0.5) is 5.95 Å². The molecule has 0 aliphatic heterocycles. The molecule has 0 aliphatic carbocycles. The molecule has 0 unspecified atom stereocenters. The lowest BCUT2D eigenvalue weighted by atomic mass is 10.2. The molecule has 2 heterocycles. The molecule has 0 bridgehead atoms. The number of aromatic nitrogens is 4. The predicted molar refractivity (Wildman–Crippen MR) is 78.3 cm³/mol. The number of carbonyl (C=O) groups is 1. The second-order valence-electron chi connectivity index (χ2n) is 4.42. The van der Waals surface area contributed by atoms with Gasteiger partial charge in [-0.15, -0.1) is 0 Å². The molecule has 21 heavy (non-hydrogen) atoms. The Hall–Kier alpha value is -3.02. The van der Waals surface area contributed by atoms with Gasteiger partial charge in [0.1, 0.15) is 0 Å². The molecular weight excluding hydrogens is 266 g/mol. The Labute approximate surface area is 121 Å². The third kappa shape index (κ3) is 2.64. The zero-order valence-corrected chi connectivity index (χ0v) is 11.4. The molecule has 104 valence electrons. The number of para-hydroxylation sites is 1. The van der Waals surface area contributed by atoms with E-state index in [1.807, 2.05) is 37.3 Å². The second kappa shape index (κ2) is 5.54. The average molecular weight is 279 g/mol. The van der Waals surface area contributed by atoms with Crippen LogP contribution in [0.5, 0.6) is 0 Å². The molecule has 1 N–H and O–H groups in total. The van der Waals surface area contributed by atoms with Gasteiger partial charge in [-0.1, -0.05) is 18.2 Å². The highest BCUT2D eigenvalue weighted by molar-refractivity contribution is 6.04. The highest BCUT2D eigenvalue weighted by Gasteiger charge is 2.15. The Morgan fingerprint density at radius 3 is 2.52 bits per heavy atom. The van der Waals surface area contributed by atoms with Crippen LogP contribution in [0, 0.1) is 6.92 Å². The van der Waals surface area contributed by atoms with Crippen LogP contribution in [0.3, 0.4) is 0 Å². The van der Waals surface area contributed by atoms with Gasteiger partial charge < -0.3 is 0 Å².